The number of methoxy groups -OCH3 is 1. The monoisotopic (exact) mass is 397 g/mol. The number of carbonyl (C=O) groups excluding carboxylic acids is 1. The number of carbonyl (C=O) groups is 1. The van der Waals surface area contributed by atoms with Crippen LogP contribution in [0.5, 0.6) is 0 Å². The quantitative estimate of drug-likeness (QED) is 0.634. The molecule has 126 valence electrons. The van der Waals surface area contributed by atoms with Crippen molar-refractivity contribution in [3.63, 3.8) is 0 Å². The number of aromatic amines is 1. The van der Waals surface area contributed by atoms with Crippen molar-refractivity contribution in [2.45, 2.75) is 6.10 Å². The Labute approximate surface area is 153 Å². The molecule has 1 aliphatic rings. The van der Waals surface area contributed by atoms with E-state index in [0.29, 0.717) is 5.56 Å². The van der Waals surface area contributed by atoms with Gasteiger partial charge in [-0.05, 0) is 23.3 Å². The highest BCUT2D eigenvalue weighted by Crippen LogP contribution is 2.41. The van der Waals surface area contributed by atoms with Crippen molar-refractivity contribution >= 4 is 21.9 Å². The van der Waals surface area contributed by atoms with Crippen LogP contribution in [-0.2, 0) is 9.47 Å². The molecule has 4 rings (SSSR count). The zero-order chi connectivity index (χ0) is 17.4. The van der Waals surface area contributed by atoms with Crippen LogP contribution in [0, 0.1) is 0 Å². The third-order valence-electron chi connectivity index (χ3n) is 4.41. The Morgan fingerprint density at radius 2 is 1.72 bits per heavy atom. The fourth-order valence-electron chi connectivity index (χ4n) is 3.21. The summed E-state index contributed by atoms with van der Waals surface area (Å²) in [6.07, 6.45) is -0.292. The predicted octanol–water partition coefficient (Wildman–Crippen LogP) is 4.97. The fraction of sp³-hybridized carbons (Fsp3) is 0.150. The lowest BCUT2D eigenvalue weighted by Gasteiger charge is -2.23. The summed E-state index contributed by atoms with van der Waals surface area (Å²) in [5.74, 6) is -0.318. The van der Waals surface area contributed by atoms with Crippen LogP contribution in [0.4, 0.5) is 0 Å². The molecular weight excluding hydrogens is 382 g/mol. The van der Waals surface area contributed by atoms with Gasteiger partial charge in [0.25, 0.3) is 0 Å². The summed E-state index contributed by atoms with van der Waals surface area (Å²) in [6.45, 7) is 0.220. The smallest absolute Gasteiger partial charge is 0.340 e. The van der Waals surface area contributed by atoms with E-state index in [2.05, 4.69) is 20.9 Å². The van der Waals surface area contributed by atoms with E-state index in [4.69, 9.17) is 9.47 Å². The topological polar surface area (TPSA) is 51.3 Å². The lowest BCUT2D eigenvalue weighted by atomic mass is 9.96. The van der Waals surface area contributed by atoms with Crippen molar-refractivity contribution < 1.29 is 14.3 Å². The molecule has 0 amide bonds. The minimum atomic E-state index is -0.318. The summed E-state index contributed by atoms with van der Waals surface area (Å²) in [6, 6.07) is 17.8. The molecule has 1 aliphatic heterocycles. The van der Waals surface area contributed by atoms with Crippen molar-refractivity contribution in [3.05, 3.63) is 70.2 Å². The summed E-state index contributed by atoms with van der Waals surface area (Å²) < 4.78 is 11.9. The normalized spacial score (nSPS) is 16.4. The number of H-pyrrole nitrogens is 1. The van der Waals surface area contributed by atoms with Gasteiger partial charge in [0.2, 0.25) is 0 Å². The first-order valence-electron chi connectivity index (χ1n) is 7.96. The van der Waals surface area contributed by atoms with Crippen LogP contribution in [0.25, 0.3) is 22.5 Å². The molecule has 2 aromatic carbocycles. The fourth-order valence-corrected chi connectivity index (χ4v) is 3.47. The first-order valence-corrected chi connectivity index (χ1v) is 8.75. The lowest BCUT2D eigenvalue weighted by molar-refractivity contribution is 0.00132. The second kappa shape index (κ2) is 6.50. The third-order valence-corrected chi connectivity index (χ3v) is 4.94. The van der Waals surface area contributed by atoms with Crippen LogP contribution >= 0.6 is 15.9 Å². The molecule has 0 radical (unpaired) electrons. The second-order valence-electron chi connectivity index (χ2n) is 5.86. The SMILES string of the molecule is CO[C@H]1COC(=O)c2c(-c3ccccc3)[nH]c(-c3ccc(Br)cc3)c21. The molecule has 1 aromatic heterocycles. The molecule has 0 unspecified atom stereocenters. The number of rotatable bonds is 3. The number of nitrogens with one attached hydrogen (secondary N) is 1. The summed E-state index contributed by atoms with van der Waals surface area (Å²) in [7, 11) is 1.63. The van der Waals surface area contributed by atoms with Gasteiger partial charge in [0.15, 0.2) is 0 Å². The van der Waals surface area contributed by atoms with Crippen molar-refractivity contribution in [1.29, 1.82) is 0 Å². The van der Waals surface area contributed by atoms with Gasteiger partial charge in [-0.15, -0.1) is 0 Å². The average Bonchev–Trinajstić information content (AvgIpc) is 3.05. The van der Waals surface area contributed by atoms with Gasteiger partial charge in [0.1, 0.15) is 12.7 Å². The number of aromatic nitrogens is 1. The van der Waals surface area contributed by atoms with E-state index in [1.54, 1.807) is 7.11 Å². The van der Waals surface area contributed by atoms with Crippen LogP contribution in [0.15, 0.2) is 59.1 Å². The predicted molar refractivity (Wildman–Crippen MR) is 99.4 cm³/mol. The van der Waals surface area contributed by atoms with E-state index in [1.807, 2.05) is 54.6 Å². The van der Waals surface area contributed by atoms with E-state index in [1.165, 1.54) is 0 Å². The van der Waals surface area contributed by atoms with E-state index >= 15 is 0 Å². The Balaban J connectivity index is 1.98. The number of benzene rings is 2. The maximum absolute atomic E-state index is 12.5. The molecular formula is C20H16BrNO3. The highest BCUT2D eigenvalue weighted by molar-refractivity contribution is 9.10. The largest absolute Gasteiger partial charge is 0.459 e. The molecule has 3 aromatic rings. The van der Waals surface area contributed by atoms with E-state index in [0.717, 1.165) is 32.6 Å². The Hall–Kier alpha value is -2.37. The van der Waals surface area contributed by atoms with Gasteiger partial charge >= 0.3 is 5.97 Å². The van der Waals surface area contributed by atoms with Crippen molar-refractivity contribution in [2.75, 3.05) is 13.7 Å². The van der Waals surface area contributed by atoms with E-state index in [9.17, 15) is 4.79 Å². The molecule has 0 bridgehead atoms. The maximum Gasteiger partial charge on any atom is 0.340 e. The minimum absolute atomic E-state index is 0.220. The zero-order valence-electron chi connectivity index (χ0n) is 13.6. The van der Waals surface area contributed by atoms with Gasteiger partial charge in [-0.25, -0.2) is 4.79 Å². The minimum Gasteiger partial charge on any atom is -0.459 e. The number of hydrogen-bond acceptors (Lipinski definition) is 3. The van der Waals surface area contributed by atoms with E-state index in [-0.39, 0.29) is 18.7 Å². The summed E-state index contributed by atoms with van der Waals surface area (Å²) in [4.78, 5) is 16.0. The number of esters is 1. The van der Waals surface area contributed by atoms with Gasteiger partial charge in [0, 0.05) is 17.1 Å². The number of fused-ring (bicyclic) bond motifs is 1. The Morgan fingerprint density at radius 3 is 2.40 bits per heavy atom. The molecule has 2 heterocycles. The van der Waals surface area contributed by atoms with Gasteiger partial charge in [0.05, 0.1) is 17.0 Å². The first-order chi connectivity index (χ1) is 12.2. The molecule has 0 spiro atoms. The Morgan fingerprint density at radius 1 is 1.04 bits per heavy atom. The van der Waals surface area contributed by atoms with Crippen molar-refractivity contribution in [2.24, 2.45) is 0 Å². The first kappa shape index (κ1) is 16.1. The summed E-state index contributed by atoms with van der Waals surface area (Å²) in [5.41, 5.74) is 5.02. The highest BCUT2D eigenvalue weighted by atomic mass is 79.9. The molecule has 1 atom stereocenters. The molecule has 5 heteroatoms. The van der Waals surface area contributed by atoms with Crippen LogP contribution in [0.2, 0.25) is 0 Å². The molecule has 25 heavy (non-hydrogen) atoms. The Bertz CT molecular complexity index is 916. The van der Waals surface area contributed by atoms with Crippen LogP contribution in [0.3, 0.4) is 0 Å². The maximum atomic E-state index is 12.5. The molecule has 4 nitrogen and oxygen atoms in total. The van der Waals surface area contributed by atoms with Crippen LogP contribution < -0.4 is 0 Å². The van der Waals surface area contributed by atoms with Crippen LogP contribution in [0.1, 0.15) is 22.0 Å². The molecule has 0 saturated carbocycles. The number of hydrogen-bond donors (Lipinski definition) is 1. The molecule has 0 aliphatic carbocycles. The molecule has 0 saturated heterocycles. The van der Waals surface area contributed by atoms with Crippen LogP contribution in [-0.4, -0.2) is 24.7 Å². The van der Waals surface area contributed by atoms with Gasteiger partial charge in [-0.1, -0.05) is 58.4 Å². The van der Waals surface area contributed by atoms with Crippen molar-refractivity contribution in [3.8, 4) is 22.5 Å². The number of ether oxygens (including phenoxy) is 2. The third kappa shape index (κ3) is 2.79. The lowest BCUT2D eigenvalue weighted by Crippen LogP contribution is -2.23. The number of halogens is 1. The number of cyclic esters (lactones) is 1. The highest BCUT2D eigenvalue weighted by Gasteiger charge is 2.35. The average molecular weight is 398 g/mol. The molecule has 0 fully saturated rings. The Kier molecular flexibility index (Phi) is 4.19. The summed E-state index contributed by atoms with van der Waals surface area (Å²) in [5, 5.41) is 0. The van der Waals surface area contributed by atoms with Crippen molar-refractivity contribution in [1.82, 2.24) is 4.98 Å². The zero-order valence-corrected chi connectivity index (χ0v) is 15.2. The summed E-state index contributed by atoms with van der Waals surface area (Å²) >= 11 is 3.46. The second-order valence-corrected chi connectivity index (χ2v) is 6.78. The molecule has 1 N–H and O–H groups in total. The standard InChI is InChI=1S/C20H16BrNO3/c1-24-15-11-25-20(23)17-16(15)18(13-7-9-14(21)10-8-13)22-19(17)12-5-3-2-4-6-12/h2-10,15,22H,11H2,1H3/t15-/m0/s1. The van der Waals surface area contributed by atoms with Gasteiger partial charge in [-0.3, -0.25) is 0 Å². The van der Waals surface area contributed by atoms with E-state index < -0.39 is 0 Å². The van der Waals surface area contributed by atoms with Gasteiger partial charge < -0.3 is 14.5 Å². The van der Waals surface area contributed by atoms with Gasteiger partial charge in [-0.2, -0.15) is 0 Å².